The first-order valence-corrected chi connectivity index (χ1v) is 0.943. The van der Waals surface area contributed by atoms with Crippen LogP contribution < -0.4 is 0 Å². The van der Waals surface area contributed by atoms with Gasteiger partial charge in [-0.05, 0) is 0 Å². The normalized spacial score (nSPS) is 1.78. The molecule has 0 saturated heterocycles. The molecule has 4 nitrogen and oxygen atoms in total. The van der Waals surface area contributed by atoms with E-state index in [4.69, 9.17) is 19.2 Å². The molecule has 0 saturated carbocycles. The van der Waals surface area contributed by atoms with E-state index in [0.29, 0.717) is 0 Å². The van der Waals surface area contributed by atoms with Gasteiger partial charge >= 0.3 is 0 Å². The Hall–Kier alpha value is -0.697. The van der Waals surface area contributed by atoms with E-state index in [0.717, 1.165) is 0 Å². The molecule has 57 valence electrons. The Morgan fingerprint density at radius 3 is 0.444 bits per heavy atom. The Morgan fingerprint density at radius 2 is 0.444 bits per heavy atom. The van der Waals surface area contributed by atoms with E-state index in [1.165, 1.54) is 0 Å². The summed E-state index contributed by atoms with van der Waals surface area (Å²) in [4.78, 5) is 31.0. The molecule has 0 spiro atoms. The maximum Gasteiger partial charge on any atom is 0 e. The monoisotopic (exact) mass is 219 g/mol. The Morgan fingerprint density at radius 1 is 0.444 bits per heavy atom. The Balaban J connectivity index is -0.00000000762. The van der Waals surface area contributed by atoms with E-state index in [1.54, 1.807) is 0 Å². The van der Waals surface area contributed by atoms with Crippen LogP contribution in [-0.2, 0) is 38.7 Å². The summed E-state index contributed by atoms with van der Waals surface area (Å²) in [6.45, 7) is 13.0. The number of hydrogen-bond donors (Lipinski definition) is 0. The Kier molecular flexibility index (Phi) is 2700. The summed E-state index contributed by atoms with van der Waals surface area (Å²) in [5.74, 6) is 0. The summed E-state index contributed by atoms with van der Waals surface area (Å²) >= 11 is 0. The first-order valence-electron chi connectivity index (χ1n) is 0.943. The van der Waals surface area contributed by atoms with Gasteiger partial charge in [0.25, 0.3) is 0 Å². The molecule has 0 atom stereocenters. The molecule has 0 amide bonds. The summed E-state index contributed by atoms with van der Waals surface area (Å²) in [6.07, 6.45) is 0. The average molecular weight is 219 g/mol. The summed E-state index contributed by atoms with van der Waals surface area (Å²) < 4.78 is 0. The van der Waals surface area contributed by atoms with Crippen LogP contribution in [-0.4, -0.2) is 27.2 Å². The number of hydrogen-bond acceptors (Lipinski definition) is 4. The van der Waals surface area contributed by atoms with Crippen LogP contribution in [0.1, 0.15) is 0 Å². The van der Waals surface area contributed by atoms with E-state index in [2.05, 4.69) is 27.2 Å². The zero-order valence-corrected chi connectivity index (χ0v) is 5.91. The van der Waals surface area contributed by atoms with Crippen molar-refractivity contribution in [3.05, 3.63) is 0 Å². The minimum Gasteiger partial charge on any atom is -0.545 e. The molecule has 0 aliphatic heterocycles. The second-order valence-electron chi connectivity index (χ2n) is 0. The third kappa shape index (κ3) is 423. The molecule has 5 heteroatoms. The van der Waals surface area contributed by atoms with E-state index in [9.17, 15) is 0 Å². The second-order valence-corrected chi connectivity index (χ2v) is 0. The standard InChI is InChI=1S/4CHO.Rh/c4*1-2;/h4*1H;/q4*-1;. The van der Waals surface area contributed by atoms with Crippen molar-refractivity contribution in [2.75, 3.05) is 0 Å². The van der Waals surface area contributed by atoms with Gasteiger partial charge in [0.2, 0.25) is 0 Å². The summed E-state index contributed by atoms with van der Waals surface area (Å²) in [5, 5.41) is 0. The molecular weight excluding hydrogens is 215 g/mol. The van der Waals surface area contributed by atoms with Gasteiger partial charge in [-0.2, -0.15) is 0 Å². The fourth-order valence-electron chi connectivity index (χ4n) is 0. The van der Waals surface area contributed by atoms with Crippen LogP contribution in [0.5, 0.6) is 0 Å². The molecule has 0 N–H and O–H groups in total. The quantitative estimate of drug-likeness (QED) is 0.294. The van der Waals surface area contributed by atoms with Crippen molar-refractivity contribution in [2.45, 2.75) is 0 Å². The summed E-state index contributed by atoms with van der Waals surface area (Å²) in [5.41, 5.74) is 0. The average Bonchev–Trinajstić information content (AvgIpc) is 2.03. The van der Waals surface area contributed by atoms with Crippen molar-refractivity contribution >= 4 is 27.2 Å². The Bertz CT molecular complexity index is 20.5. The number of carbonyl (C=O) groups excluding carboxylic acids is 4. The molecule has 0 aromatic carbocycles. The maximum absolute atomic E-state index is 7.75. The van der Waals surface area contributed by atoms with Crippen LogP contribution in [0.2, 0.25) is 0 Å². The minimum atomic E-state index is 0. The minimum absolute atomic E-state index is 0. The van der Waals surface area contributed by atoms with Crippen LogP contribution >= 0.6 is 0 Å². The van der Waals surface area contributed by atoms with E-state index < -0.39 is 0 Å². The third-order valence-corrected chi connectivity index (χ3v) is 0. The zero-order chi connectivity index (χ0) is 8.00. The van der Waals surface area contributed by atoms with Crippen molar-refractivity contribution < 1.29 is 38.7 Å². The summed E-state index contributed by atoms with van der Waals surface area (Å²) in [7, 11) is 0. The van der Waals surface area contributed by atoms with Gasteiger partial charge in [-0.3, -0.25) is 27.2 Å². The molecule has 0 aliphatic carbocycles. The van der Waals surface area contributed by atoms with Gasteiger partial charge in [-0.15, -0.1) is 0 Å². The van der Waals surface area contributed by atoms with Crippen molar-refractivity contribution in [1.29, 1.82) is 0 Å². The van der Waals surface area contributed by atoms with Gasteiger partial charge in [-0.25, -0.2) is 0 Å². The maximum atomic E-state index is 7.75. The second kappa shape index (κ2) is 598. The van der Waals surface area contributed by atoms with Crippen molar-refractivity contribution in [3.63, 3.8) is 0 Å². The third-order valence-electron chi connectivity index (χ3n) is 0. The molecule has 9 heavy (non-hydrogen) atoms. The van der Waals surface area contributed by atoms with E-state index in [1.807, 2.05) is 0 Å². The topological polar surface area (TPSA) is 68.3 Å². The molecule has 0 aromatic heterocycles. The predicted octanol–water partition coefficient (Wildman–Crippen LogP) is -1.10. The van der Waals surface area contributed by atoms with Crippen molar-refractivity contribution in [2.24, 2.45) is 0 Å². The van der Waals surface area contributed by atoms with Crippen LogP contribution in [0.15, 0.2) is 0 Å². The largest absolute Gasteiger partial charge is 0.545 e. The first-order chi connectivity index (χ1) is 4.00. The van der Waals surface area contributed by atoms with Gasteiger partial charge < -0.3 is 19.2 Å². The predicted molar refractivity (Wildman–Crippen MR) is 27.0 cm³/mol. The molecule has 0 unspecified atom stereocenters. The molecule has 0 aliphatic rings. The van der Waals surface area contributed by atoms with Crippen molar-refractivity contribution in [1.82, 2.24) is 0 Å². The fourth-order valence-corrected chi connectivity index (χ4v) is 0. The molecule has 0 bridgehead atoms. The molecule has 0 aromatic rings. The van der Waals surface area contributed by atoms with Gasteiger partial charge in [0.1, 0.15) is 0 Å². The summed E-state index contributed by atoms with van der Waals surface area (Å²) in [6, 6.07) is 0. The molecule has 0 fully saturated rings. The Labute approximate surface area is 66.4 Å². The van der Waals surface area contributed by atoms with Crippen LogP contribution in [0, 0.1) is 0 Å². The van der Waals surface area contributed by atoms with Gasteiger partial charge in [-0.1, -0.05) is 0 Å². The molecule has 1 radical (unpaired) electrons. The van der Waals surface area contributed by atoms with Crippen LogP contribution in [0.4, 0.5) is 0 Å². The number of rotatable bonds is 0. The molecule has 0 heterocycles. The smallest absolute Gasteiger partial charge is 0 e. The van der Waals surface area contributed by atoms with Gasteiger partial charge in [0.15, 0.2) is 0 Å². The molecular formula is C4H4O4Rh-4. The SMILES string of the molecule is [CH-]=O.[CH-]=O.[CH-]=O.[CH-]=O.[Rh]. The molecule has 0 rings (SSSR count). The van der Waals surface area contributed by atoms with E-state index >= 15 is 0 Å². The fraction of sp³-hybridized carbons (Fsp3) is 0. The zero-order valence-electron chi connectivity index (χ0n) is 4.28. The first kappa shape index (κ1) is 40.6. The van der Waals surface area contributed by atoms with Crippen LogP contribution in [0.3, 0.4) is 0 Å². The van der Waals surface area contributed by atoms with Crippen molar-refractivity contribution in [3.8, 4) is 0 Å². The van der Waals surface area contributed by atoms with Crippen LogP contribution in [0.25, 0.3) is 0 Å². The van der Waals surface area contributed by atoms with Gasteiger partial charge in [0, 0.05) is 19.5 Å². The van der Waals surface area contributed by atoms with E-state index in [-0.39, 0.29) is 19.5 Å². The van der Waals surface area contributed by atoms with Gasteiger partial charge in [0.05, 0.1) is 0 Å².